The lowest BCUT2D eigenvalue weighted by Crippen LogP contribution is -2.26. The van der Waals surface area contributed by atoms with E-state index in [1.807, 2.05) is 28.0 Å². The number of halogens is 4. The summed E-state index contributed by atoms with van der Waals surface area (Å²) in [4.78, 5) is 27.0. The van der Waals surface area contributed by atoms with E-state index in [2.05, 4.69) is 37.2 Å². The molecular formula is C26H23F4N9O2. The van der Waals surface area contributed by atoms with E-state index in [0.717, 1.165) is 28.7 Å². The van der Waals surface area contributed by atoms with Crippen LogP contribution in [0.5, 0.6) is 0 Å². The molecule has 1 aliphatic heterocycles. The molecule has 0 radical (unpaired) electrons. The summed E-state index contributed by atoms with van der Waals surface area (Å²) in [6, 6.07) is 7.75. The lowest BCUT2D eigenvalue weighted by molar-refractivity contribution is -0.192. The number of nitrogens with zero attached hydrogens (tertiary/aromatic N) is 8. The number of aromatic nitrogens is 6. The number of nitrogens with one attached hydrogen (secondary N) is 1. The van der Waals surface area contributed by atoms with E-state index in [0.29, 0.717) is 30.9 Å². The van der Waals surface area contributed by atoms with Gasteiger partial charge in [0.05, 0.1) is 30.4 Å². The largest absolute Gasteiger partial charge is 0.490 e. The number of hydrogen-bond donors (Lipinski definition) is 2. The fourth-order valence-electron chi connectivity index (χ4n) is 4.76. The quantitative estimate of drug-likeness (QED) is 0.313. The molecular weight excluding hydrogens is 546 g/mol. The molecule has 11 nitrogen and oxygen atoms in total. The van der Waals surface area contributed by atoms with Gasteiger partial charge in [0, 0.05) is 54.1 Å². The van der Waals surface area contributed by atoms with Gasteiger partial charge in [-0.3, -0.25) is 4.68 Å². The summed E-state index contributed by atoms with van der Waals surface area (Å²) in [5.41, 5.74) is 3.00. The molecule has 5 heterocycles. The van der Waals surface area contributed by atoms with Crippen LogP contribution < -0.4 is 4.90 Å². The first kappa shape index (κ1) is 28.9. The molecule has 15 heteroatoms. The number of nitriles is 2. The number of carboxylic acids is 1. The molecule has 5 rings (SSSR count). The molecule has 0 amide bonds. The molecule has 0 spiro atoms. The van der Waals surface area contributed by atoms with Gasteiger partial charge in [-0.25, -0.2) is 24.1 Å². The number of pyridine rings is 1. The average Bonchev–Trinajstić information content (AvgIpc) is 3.72. The number of fused-ring (bicyclic) bond motifs is 1. The highest BCUT2D eigenvalue weighted by Gasteiger charge is 2.38. The Labute approximate surface area is 230 Å². The third-order valence-electron chi connectivity index (χ3n) is 6.68. The van der Waals surface area contributed by atoms with Gasteiger partial charge in [0.25, 0.3) is 0 Å². The Morgan fingerprint density at radius 2 is 2.02 bits per heavy atom. The second-order valence-corrected chi connectivity index (χ2v) is 9.23. The van der Waals surface area contributed by atoms with E-state index in [-0.39, 0.29) is 17.5 Å². The van der Waals surface area contributed by atoms with Crippen molar-refractivity contribution in [3.8, 4) is 23.4 Å². The maximum Gasteiger partial charge on any atom is 0.490 e. The molecule has 1 aliphatic rings. The molecule has 1 fully saturated rings. The van der Waals surface area contributed by atoms with Crippen molar-refractivity contribution in [1.82, 2.24) is 29.7 Å². The van der Waals surface area contributed by atoms with Gasteiger partial charge < -0.3 is 15.0 Å². The molecule has 0 saturated carbocycles. The molecule has 2 N–H and O–H groups in total. The lowest BCUT2D eigenvalue weighted by Gasteiger charge is -2.24. The standard InChI is InChI=1S/C24H22FN9.C2HF3O2/c1-15(25)18-3-8-29-24(20(18)10-27)33-9-5-16(12-33)21(2-6-26)34-13-17(11-32-34)22-19-4-7-28-23(19)31-14-30-22;3-2(4,5)1(6)7/h3-4,7-8,11,13-16,21H,2,5,9,12H2,1H3,(H,28,30,31);(H,6,7)/t15?,16-,21-;/m0./s1. The predicted molar refractivity (Wildman–Crippen MR) is 137 cm³/mol. The second-order valence-electron chi connectivity index (χ2n) is 9.23. The van der Waals surface area contributed by atoms with Crippen molar-refractivity contribution < 1.29 is 27.5 Å². The van der Waals surface area contributed by atoms with E-state index < -0.39 is 18.3 Å². The third kappa shape index (κ3) is 6.24. The second kappa shape index (κ2) is 12.0. The summed E-state index contributed by atoms with van der Waals surface area (Å²) in [7, 11) is 0. The van der Waals surface area contributed by atoms with Crippen molar-refractivity contribution in [1.29, 1.82) is 10.5 Å². The monoisotopic (exact) mass is 569 g/mol. The number of aromatic amines is 1. The first-order chi connectivity index (χ1) is 19.5. The number of rotatable bonds is 6. The van der Waals surface area contributed by atoms with Crippen molar-refractivity contribution >= 4 is 22.8 Å². The van der Waals surface area contributed by atoms with E-state index in [9.17, 15) is 28.1 Å². The molecule has 4 aromatic rings. The van der Waals surface area contributed by atoms with Crippen LogP contribution >= 0.6 is 0 Å². The predicted octanol–water partition coefficient (Wildman–Crippen LogP) is 4.73. The van der Waals surface area contributed by atoms with E-state index >= 15 is 0 Å². The lowest BCUT2D eigenvalue weighted by atomic mass is 9.96. The Balaban J connectivity index is 0.000000493. The summed E-state index contributed by atoms with van der Waals surface area (Å²) in [5.74, 6) is -2.14. The minimum absolute atomic E-state index is 0.116. The molecule has 0 bridgehead atoms. The molecule has 3 atom stereocenters. The number of H-pyrrole nitrogens is 1. The smallest absolute Gasteiger partial charge is 0.475 e. The number of anilines is 1. The van der Waals surface area contributed by atoms with Crippen molar-refractivity contribution in [2.24, 2.45) is 5.92 Å². The first-order valence-corrected chi connectivity index (χ1v) is 12.3. The number of carboxylic acid groups (broad SMARTS) is 1. The van der Waals surface area contributed by atoms with E-state index in [4.69, 9.17) is 9.90 Å². The molecule has 1 saturated heterocycles. The van der Waals surface area contributed by atoms with Gasteiger partial charge in [0.2, 0.25) is 0 Å². The number of alkyl halides is 4. The Hall–Kier alpha value is -5.05. The van der Waals surface area contributed by atoms with Crippen molar-refractivity contribution in [2.45, 2.75) is 38.2 Å². The zero-order valence-electron chi connectivity index (χ0n) is 21.5. The van der Waals surface area contributed by atoms with E-state index in [1.165, 1.54) is 13.3 Å². The topological polar surface area (TPSA) is 160 Å². The van der Waals surface area contributed by atoms with Crippen LogP contribution in [-0.4, -0.2) is 60.1 Å². The van der Waals surface area contributed by atoms with Crippen LogP contribution in [0.3, 0.4) is 0 Å². The Kier molecular flexibility index (Phi) is 8.47. The normalized spacial score (nSPS) is 16.4. The van der Waals surface area contributed by atoms with Crippen LogP contribution in [-0.2, 0) is 4.79 Å². The number of carbonyl (C=O) groups is 1. The summed E-state index contributed by atoms with van der Waals surface area (Å²) in [5, 5.41) is 31.8. The fraction of sp³-hybridized carbons (Fsp3) is 0.346. The van der Waals surface area contributed by atoms with Gasteiger partial charge in [0.15, 0.2) is 0 Å². The number of aliphatic carboxylic acids is 1. The van der Waals surface area contributed by atoms with E-state index in [1.54, 1.807) is 18.5 Å². The third-order valence-corrected chi connectivity index (χ3v) is 6.68. The molecule has 0 aliphatic carbocycles. The maximum absolute atomic E-state index is 14.0. The van der Waals surface area contributed by atoms with Crippen LogP contribution in [0.2, 0.25) is 0 Å². The minimum Gasteiger partial charge on any atom is -0.475 e. The van der Waals surface area contributed by atoms with Crippen LogP contribution in [0.25, 0.3) is 22.3 Å². The SMILES string of the molecule is CC(F)c1ccnc(N2CC[C@H]([C@H](CC#N)n3cc(-c4ncnc5[nH]ccc45)cn3)C2)c1C#N.O=C(O)C(F)(F)F. The molecule has 1 unspecified atom stereocenters. The van der Waals surface area contributed by atoms with Crippen molar-refractivity contribution in [2.75, 3.05) is 18.0 Å². The van der Waals surface area contributed by atoms with Crippen molar-refractivity contribution in [3.63, 3.8) is 0 Å². The Morgan fingerprint density at radius 1 is 1.27 bits per heavy atom. The summed E-state index contributed by atoms with van der Waals surface area (Å²) < 4.78 is 47.6. The first-order valence-electron chi connectivity index (χ1n) is 12.3. The fourth-order valence-corrected chi connectivity index (χ4v) is 4.76. The van der Waals surface area contributed by atoms with Gasteiger partial charge in [-0.05, 0) is 25.5 Å². The highest BCUT2D eigenvalue weighted by Crippen LogP contribution is 2.36. The van der Waals surface area contributed by atoms with Crippen LogP contribution in [0.4, 0.5) is 23.4 Å². The van der Waals surface area contributed by atoms with Crippen LogP contribution in [0.15, 0.2) is 43.2 Å². The number of hydrogen-bond acceptors (Lipinski definition) is 8. The summed E-state index contributed by atoms with van der Waals surface area (Å²) >= 11 is 0. The molecule has 212 valence electrons. The molecule has 0 aromatic carbocycles. The van der Waals surface area contributed by atoms with Gasteiger partial charge in [-0.15, -0.1) is 0 Å². The maximum atomic E-state index is 14.0. The Morgan fingerprint density at radius 3 is 2.68 bits per heavy atom. The van der Waals surface area contributed by atoms with Crippen molar-refractivity contribution in [3.05, 3.63) is 54.4 Å². The molecule has 4 aromatic heterocycles. The van der Waals surface area contributed by atoms with Crippen LogP contribution in [0, 0.1) is 28.6 Å². The Bertz CT molecular complexity index is 1620. The zero-order valence-corrected chi connectivity index (χ0v) is 21.5. The highest BCUT2D eigenvalue weighted by molar-refractivity contribution is 5.90. The summed E-state index contributed by atoms with van der Waals surface area (Å²) in [6.07, 6.45) is 3.32. The minimum atomic E-state index is -5.08. The van der Waals surface area contributed by atoms with Crippen LogP contribution in [0.1, 0.15) is 43.1 Å². The van der Waals surface area contributed by atoms with Gasteiger partial charge in [-0.1, -0.05) is 0 Å². The average molecular weight is 570 g/mol. The van der Waals surface area contributed by atoms with Gasteiger partial charge >= 0.3 is 12.1 Å². The summed E-state index contributed by atoms with van der Waals surface area (Å²) in [6.45, 7) is 2.69. The van der Waals surface area contributed by atoms with Gasteiger partial charge in [0.1, 0.15) is 35.6 Å². The highest BCUT2D eigenvalue weighted by atomic mass is 19.4. The molecule has 41 heavy (non-hydrogen) atoms. The zero-order chi connectivity index (χ0) is 29.7. The van der Waals surface area contributed by atoms with Gasteiger partial charge in [-0.2, -0.15) is 28.8 Å².